The molecule has 0 aliphatic rings. The van der Waals surface area contributed by atoms with Gasteiger partial charge in [-0.15, -0.1) is 0 Å². The molecule has 1 N–H and O–H groups in total. The summed E-state index contributed by atoms with van der Waals surface area (Å²) in [5.74, 6) is -0.895. The van der Waals surface area contributed by atoms with Crippen molar-refractivity contribution in [1.82, 2.24) is 9.38 Å². The van der Waals surface area contributed by atoms with Gasteiger partial charge in [0.2, 0.25) is 0 Å². The molecule has 0 saturated heterocycles. The Kier molecular flexibility index (Phi) is 3.56. The van der Waals surface area contributed by atoms with Gasteiger partial charge in [0.25, 0.3) is 0 Å². The van der Waals surface area contributed by atoms with E-state index in [1.54, 1.807) is 0 Å². The third kappa shape index (κ3) is 2.55. The normalized spacial score (nSPS) is 12.0. The molecule has 0 spiro atoms. The Morgan fingerprint density at radius 1 is 1.13 bits per heavy atom. The van der Waals surface area contributed by atoms with Crippen LogP contribution in [0.25, 0.3) is 16.2 Å². The summed E-state index contributed by atoms with van der Waals surface area (Å²) in [6.45, 7) is 10.4. The average Bonchev–Trinajstić information content (AvgIpc) is 2.96. The number of carboxylic acids is 1. The molecule has 3 rings (SSSR count). The molecule has 0 atom stereocenters. The summed E-state index contributed by atoms with van der Waals surface area (Å²) < 4.78 is 1.93. The highest BCUT2D eigenvalue weighted by Crippen LogP contribution is 2.32. The van der Waals surface area contributed by atoms with Gasteiger partial charge in [0.1, 0.15) is 4.88 Å². The number of carboxylic acid groups (broad SMARTS) is 1. The van der Waals surface area contributed by atoms with Crippen LogP contribution >= 0.6 is 11.3 Å². The fourth-order valence-corrected chi connectivity index (χ4v) is 3.82. The number of aryl methyl sites for hydroxylation is 2. The smallest absolute Gasteiger partial charge is 0.347 e. The van der Waals surface area contributed by atoms with Crippen LogP contribution in [0.5, 0.6) is 0 Å². The fraction of sp³-hybridized carbons (Fsp3) is 0.333. The molecule has 23 heavy (non-hydrogen) atoms. The maximum absolute atomic E-state index is 11.3. The van der Waals surface area contributed by atoms with Crippen LogP contribution in [0.4, 0.5) is 0 Å². The van der Waals surface area contributed by atoms with E-state index in [0.29, 0.717) is 4.88 Å². The van der Waals surface area contributed by atoms with Crippen LogP contribution < -0.4 is 0 Å². The number of aromatic carboxylic acids is 1. The van der Waals surface area contributed by atoms with Crippen LogP contribution in [-0.2, 0) is 5.41 Å². The van der Waals surface area contributed by atoms with Gasteiger partial charge in [0.05, 0.1) is 5.69 Å². The van der Waals surface area contributed by atoms with Gasteiger partial charge in [0, 0.05) is 17.0 Å². The first-order chi connectivity index (χ1) is 10.7. The molecule has 0 fully saturated rings. The molecule has 3 aromatic rings. The second kappa shape index (κ2) is 5.20. The molecule has 0 amide bonds. The highest BCUT2D eigenvalue weighted by atomic mass is 32.1. The van der Waals surface area contributed by atoms with Crippen molar-refractivity contribution in [2.24, 2.45) is 0 Å². The van der Waals surface area contributed by atoms with E-state index in [-0.39, 0.29) is 5.41 Å². The Hall–Kier alpha value is -2.14. The van der Waals surface area contributed by atoms with E-state index in [4.69, 9.17) is 0 Å². The SMILES string of the molecule is Cc1c(-c2ccc(C(C)(C)C)cc2)nc2sc(C(=O)O)c(C)n12. The fourth-order valence-electron chi connectivity index (χ4n) is 2.81. The van der Waals surface area contributed by atoms with Crippen molar-refractivity contribution >= 4 is 22.3 Å². The van der Waals surface area contributed by atoms with Gasteiger partial charge in [-0.1, -0.05) is 56.4 Å². The third-order valence-electron chi connectivity index (χ3n) is 4.15. The Morgan fingerprint density at radius 3 is 2.22 bits per heavy atom. The molecule has 0 bridgehead atoms. The van der Waals surface area contributed by atoms with Crippen molar-refractivity contribution in [3.8, 4) is 11.3 Å². The minimum Gasteiger partial charge on any atom is -0.477 e. The summed E-state index contributed by atoms with van der Waals surface area (Å²) in [5.41, 5.74) is 5.09. The van der Waals surface area contributed by atoms with Gasteiger partial charge in [-0.3, -0.25) is 4.40 Å². The van der Waals surface area contributed by atoms with Crippen molar-refractivity contribution in [2.75, 3.05) is 0 Å². The van der Waals surface area contributed by atoms with Crippen molar-refractivity contribution in [1.29, 1.82) is 0 Å². The van der Waals surface area contributed by atoms with E-state index in [1.165, 1.54) is 16.9 Å². The van der Waals surface area contributed by atoms with Crippen LogP contribution in [0, 0.1) is 13.8 Å². The molecule has 1 aromatic carbocycles. The zero-order valence-corrected chi connectivity index (χ0v) is 14.8. The summed E-state index contributed by atoms with van der Waals surface area (Å²) in [6, 6.07) is 8.45. The number of benzene rings is 1. The van der Waals surface area contributed by atoms with Crippen LogP contribution in [0.15, 0.2) is 24.3 Å². The minimum atomic E-state index is -0.895. The van der Waals surface area contributed by atoms with Crippen molar-refractivity contribution in [3.05, 3.63) is 46.1 Å². The minimum absolute atomic E-state index is 0.120. The predicted octanol–water partition coefficient (Wildman–Crippen LogP) is 4.68. The van der Waals surface area contributed by atoms with Gasteiger partial charge in [0.15, 0.2) is 4.96 Å². The standard InChI is InChI=1S/C18H20N2O2S/c1-10-14(12-6-8-13(9-7-12)18(3,4)5)19-17-20(10)11(2)15(23-17)16(21)22/h6-9H,1-5H3,(H,21,22). The maximum atomic E-state index is 11.3. The summed E-state index contributed by atoms with van der Waals surface area (Å²) in [7, 11) is 0. The number of nitrogens with zero attached hydrogens (tertiary/aromatic N) is 2. The van der Waals surface area contributed by atoms with E-state index < -0.39 is 5.97 Å². The first-order valence-electron chi connectivity index (χ1n) is 7.53. The third-order valence-corrected chi connectivity index (χ3v) is 5.28. The number of thiazole rings is 1. The molecule has 0 unspecified atom stereocenters. The molecular formula is C18H20N2O2S. The number of rotatable bonds is 2. The lowest BCUT2D eigenvalue weighted by Crippen LogP contribution is -2.10. The molecule has 2 aromatic heterocycles. The molecule has 0 aliphatic carbocycles. The molecule has 4 nitrogen and oxygen atoms in total. The van der Waals surface area contributed by atoms with Crippen molar-refractivity contribution < 1.29 is 9.90 Å². The Balaban J connectivity index is 2.11. The number of hydrogen-bond acceptors (Lipinski definition) is 3. The summed E-state index contributed by atoms with van der Waals surface area (Å²) in [4.78, 5) is 17.0. The number of carbonyl (C=O) groups is 1. The molecule has 0 saturated carbocycles. The van der Waals surface area contributed by atoms with Gasteiger partial charge < -0.3 is 5.11 Å². The monoisotopic (exact) mass is 328 g/mol. The number of aromatic nitrogens is 2. The van der Waals surface area contributed by atoms with Crippen molar-refractivity contribution in [2.45, 2.75) is 40.0 Å². The summed E-state index contributed by atoms with van der Waals surface area (Å²) >= 11 is 1.22. The lowest BCUT2D eigenvalue weighted by Gasteiger charge is -2.19. The van der Waals surface area contributed by atoms with Crippen molar-refractivity contribution in [3.63, 3.8) is 0 Å². The number of hydrogen-bond donors (Lipinski definition) is 1. The van der Waals surface area contributed by atoms with E-state index in [9.17, 15) is 9.90 Å². The van der Waals surface area contributed by atoms with Crippen LogP contribution in [0.2, 0.25) is 0 Å². The highest BCUT2D eigenvalue weighted by Gasteiger charge is 2.20. The number of imidazole rings is 1. The molecule has 0 aliphatic heterocycles. The van der Waals surface area contributed by atoms with Crippen LogP contribution in [-0.4, -0.2) is 20.5 Å². The Labute approximate surface area is 139 Å². The second-order valence-corrected chi connectivity index (χ2v) is 7.79. The largest absolute Gasteiger partial charge is 0.477 e. The highest BCUT2D eigenvalue weighted by molar-refractivity contribution is 7.19. The van der Waals surface area contributed by atoms with Gasteiger partial charge >= 0.3 is 5.97 Å². The van der Waals surface area contributed by atoms with E-state index >= 15 is 0 Å². The molecule has 120 valence electrons. The number of fused-ring (bicyclic) bond motifs is 1. The molecular weight excluding hydrogens is 308 g/mol. The zero-order valence-electron chi connectivity index (χ0n) is 14.0. The predicted molar refractivity (Wildman–Crippen MR) is 93.6 cm³/mol. The van der Waals surface area contributed by atoms with Gasteiger partial charge in [-0.25, -0.2) is 9.78 Å². The molecule has 0 radical (unpaired) electrons. The topological polar surface area (TPSA) is 54.6 Å². The quantitative estimate of drug-likeness (QED) is 0.743. The van der Waals surface area contributed by atoms with Gasteiger partial charge in [-0.05, 0) is 24.8 Å². The van der Waals surface area contributed by atoms with E-state index in [1.807, 2.05) is 18.2 Å². The lowest BCUT2D eigenvalue weighted by atomic mass is 9.86. The first-order valence-corrected chi connectivity index (χ1v) is 8.34. The van der Waals surface area contributed by atoms with E-state index in [0.717, 1.165) is 27.6 Å². The Morgan fingerprint density at radius 2 is 1.74 bits per heavy atom. The first kappa shape index (κ1) is 15.7. The lowest BCUT2D eigenvalue weighted by molar-refractivity contribution is 0.0701. The maximum Gasteiger partial charge on any atom is 0.347 e. The molecule has 2 heterocycles. The molecule has 5 heteroatoms. The van der Waals surface area contributed by atoms with Gasteiger partial charge in [-0.2, -0.15) is 0 Å². The van der Waals surface area contributed by atoms with E-state index in [2.05, 4.69) is 50.0 Å². The Bertz CT molecular complexity index is 896. The van der Waals surface area contributed by atoms with Crippen LogP contribution in [0.3, 0.4) is 0 Å². The average molecular weight is 328 g/mol. The summed E-state index contributed by atoms with van der Waals surface area (Å²) in [5, 5.41) is 9.24. The zero-order chi connectivity index (χ0) is 16.9. The van der Waals surface area contributed by atoms with Crippen LogP contribution in [0.1, 0.15) is 47.4 Å². The summed E-state index contributed by atoms with van der Waals surface area (Å²) in [6.07, 6.45) is 0. The second-order valence-electron chi connectivity index (χ2n) is 6.81.